The lowest BCUT2D eigenvalue weighted by Crippen LogP contribution is -2.26. The van der Waals surface area contributed by atoms with E-state index in [1.807, 2.05) is 0 Å². The minimum absolute atomic E-state index is 0.239. The number of nitrogens with zero attached hydrogens (tertiary/aromatic N) is 1. The smallest absolute Gasteiger partial charge is 0.253 e. The fourth-order valence-electron chi connectivity index (χ4n) is 1.65. The number of halogens is 2. The maximum absolute atomic E-state index is 13.1. The van der Waals surface area contributed by atoms with Gasteiger partial charge in [-0.3, -0.25) is 4.79 Å². The summed E-state index contributed by atoms with van der Waals surface area (Å²) in [5.41, 5.74) is 1.19. The summed E-state index contributed by atoms with van der Waals surface area (Å²) in [5.74, 6) is -0.555. The van der Waals surface area contributed by atoms with Crippen LogP contribution in [-0.4, -0.2) is 10.9 Å². The Balaban J connectivity index is 2.08. The highest BCUT2D eigenvalue weighted by molar-refractivity contribution is 9.10. The molecule has 1 atom stereocenters. The maximum atomic E-state index is 13.1. The number of carbonyl (C=O) groups is 1. The number of hydrogen-bond acceptors (Lipinski definition) is 2. The maximum Gasteiger partial charge on any atom is 0.253 e. The number of aromatic nitrogens is 1. The average molecular weight is 323 g/mol. The second kappa shape index (κ2) is 5.93. The molecule has 98 valence electrons. The van der Waals surface area contributed by atoms with Gasteiger partial charge in [0.1, 0.15) is 10.4 Å². The van der Waals surface area contributed by atoms with Crippen molar-refractivity contribution in [3.8, 4) is 0 Å². The van der Waals surface area contributed by atoms with Gasteiger partial charge >= 0.3 is 0 Å². The van der Waals surface area contributed by atoms with E-state index in [1.54, 1.807) is 31.2 Å². The lowest BCUT2D eigenvalue weighted by molar-refractivity contribution is 0.0939. The lowest BCUT2D eigenvalue weighted by atomic mass is 10.1. The van der Waals surface area contributed by atoms with Crippen molar-refractivity contribution in [3.05, 3.63) is 64.1 Å². The SMILES string of the molecule is CC(NC(=O)c1ccc(Br)nc1)c1cccc(F)c1. The summed E-state index contributed by atoms with van der Waals surface area (Å²) in [6.45, 7) is 1.80. The summed E-state index contributed by atoms with van der Waals surface area (Å²) < 4.78 is 13.8. The number of benzene rings is 1. The third-order valence-corrected chi connectivity index (χ3v) is 3.15. The van der Waals surface area contributed by atoms with E-state index in [0.29, 0.717) is 10.2 Å². The summed E-state index contributed by atoms with van der Waals surface area (Å²) in [5, 5.41) is 2.80. The molecule has 0 spiro atoms. The molecule has 1 unspecified atom stereocenters. The fourth-order valence-corrected chi connectivity index (χ4v) is 1.88. The molecule has 1 aromatic carbocycles. The fraction of sp³-hybridized carbons (Fsp3) is 0.143. The van der Waals surface area contributed by atoms with Gasteiger partial charge in [0.05, 0.1) is 11.6 Å². The van der Waals surface area contributed by atoms with Crippen molar-refractivity contribution in [3.63, 3.8) is 0 Å². The minimum Gasteiger partial charge on any atom is -0.345 e. The highest BCUT2D eigenvalue weighted by Gasteiger charge is 2.12. The largest absolute Gasteiger partial charge is 0.345 e. The van der Waals surface area contributed by atoms with Gasteiger partial charge in [-0.15, -0.1) is 0 Å². The molecule has 1 aromatic heterocycles. The highest BCUT2D eigenvalue weighted by Crippen LogP contribution is 2.14. The molecular weight excluding hydrogens is 311 g/mol. The molecule has 3 nitrogen and oxygen atoms in total. The van der Waals surface area contributed by atoms with Gasteiger partial charge in [0.25, 0.3) is 5.91 Å². The molecule has 19 heavy (non-hydrogen) atoms. The predicted molar refractivity (Wildman–Crippen MR) is 74.2 cm³/mol. The monoisotopic (exact) mass is 322 g/mol. The van der Waals surface area contributed by atoms with Gasteiger partial charge in [0.15, 0.2) is 0 Å². The number of carbonyl (C=O) groups excluding carboxylic acids is 1. The summed E-state index contributed by atoms with van der Waals surface area (Å²) in [7, 11) is 0. The minimum atomic E-state index is -0.316. The molecule has 2 rings (SSSR count). The van der Waals surface area contributed by atoms with Crippen LogP contribution >= 0.6 is 15.9 Å². The van der Waals surface area contributed by atoms with Crippen LogP contribution < -0.4 is 5.32 Å². The van der Waals surface area contributed by atoms with Crippen LogP contribution in [-0.2, 0) is 0 Å². The van der Waals surface area contributed by atoms with Crippen LogP contribution in [0.3, 0.4) is 0 Å². The van der Waals surface area contributed by atoms with Crippen LogP contribution in [0.1, 0.15) is 28.9 Å². The molecule has 1 amide bonds. The summed E-state index contributed by atoms with van der Waals surface area (Å²) >= 11 is 3.21. The van der Waals surface area contributed by atoms with Gasteiger partial charge in [0.2, 0.25) is 0 Å². The van der Waals surface area contributed by atoms with Crippen LogP contribution in [0.25, 0.3) is 0 Å². The zero-order valence-corrected chi connectivity index (χ0v) is 11.8. The third-order valence-electron chi connectivity index (χ3n) is 2.69. The summed E-state index contributed by atoms with van der Waals surface area (Å²) in [6, 6.07) is 9.27. The number of hydrogen-bond donors (Lipinski definition) is 1. The van der Waals surface area contributed by atoms with E-state index >= 15 is 0 Å². The molecule has 0 saturated heterocycles. The first-order valence-corrected chi connectivity index (χ1v) is 6.53. The standard InChI is InChI=1S/C14H12BrFN2O/c1-9(10-3-2-4-12(16)7-10)18-14(19)11-5-6-13(15)17-8-11/h2-9H,1H3,(H,18,19). The Bertz CT molecular complexity index is 586. The molecule has 1 heterocycles. The summed E-state index contributed by atoms with van der Waals surface area (Å²) in [4.78, 5) is 16.0. The van der Waals surface area contributed by atoms with Gasteiger partial charge in [-0.2, -0.15) is 0 Å². The molecule has 0 aliphatic rings. The first-order chi connectivity index (χ1) is 9.06. The lowest BCUT2D eigenvalue weighted by Gasteiger charge is -2.14. The Kier molecular flexibility index (Phi) is 4.27. The second-order valence-corrected chi connectivity index (χ2v) is 4.93. The molecule has 0 bridgehead atoms. The van der Waals surface area contributed by atoms with Gasteiger partial charge in [-0.1, -0.05) is 12.1 Å². The van der Waals surface area contributed by atoms with Crippen molar-refractivity contribution >= 4 is 21.8 Å². The molecule has 0 radical (unpaired) electrons. The predicted octanol–water partition coefficient (Wildman–Crippen LogP) is 3.47. The van der Waals surface area contributed by atoms with Crippen molar-refractivity contribution in [2.24, 2.45) is 0 Å². The first-order valence-electron chi connectivity index (χ1n) is 5.74. The first kappa shape index (κ1) is 13.7. The number of pyridine rings is 1. The van der Waals surface area contributed by atoms with Crippen molar-refractivity contribution in [2.75, 3.05) is 0 Å². The number of amides is 1. The van der Waals surface area contributed by atoms with E-state index in [9.17, 15) is 9.18 Å². The average Bonchev–Trinajstić information content (AvgIpc) is 2.39. The van der Waals surface area contributed by atoms with Crippen molar-refractivity contribution in [1.29, 1.82) is 0 Å². The van der Waals surface area contributed by atoms with Crippen molar-refractivity contribution in [1.82, 2.24) is 10.3 Å². The van der Waals surface area contributed by atoms with Crippen LogP contribution in [0.4, 0.5) is 4.39 Å². The Morgan fingerprint density at radius 2 is 2.16 bits per heavy atom. The third kappa shape index (κ3) is 3.61. The normalized spacial score (nSPS) is 11.9. The Labute approximate surface area is 119 Å². The van der Waals surface area contributed by atoms with Gasteiger partial charge in [0, 0.05) is 6.20 Å². The van der Waals surface area contributed by atoms with Crippen LogP contribution in [0.5, 0.6) is 0 Å². The topological polar surface area (TPSA) is 42.0 Å². The van der Waals surface area contributed by atoms with E-state index in [1.165, 1.54) is 18.3 Å². The molecule has 0 fully saturated rings. The van der Waals surface area contributed by atoms with Gasteiger partial charge < -0.3 is 5.32 Å². The number of nitrogens with one attached hydrogen (secondary N) is 1. The number of rotatable bonds is 3. The molecule has 0 aliphatic carbocycles. The van der Waals surface area contributed by atoms with E-state index in [4.69, 9.17) is 0 Å². The van der Waals surface area contributed by atoms with Crippen LogP contribution in [0.2, 0.25) is 0 Å². The van der Waals surface area contributed by atoms with Crippen LogP contribution in [0.15, 0.2) is 47.2 Å². The molecule has 0 saturated carbocycles. The Morgan fingerprint density at radius 3 is 2.79 bits per heavy atom. The van der Waals surface area contributed by atoms with Gasteiger partial charge in [-0.05, 0) is 52.7 Å². The van der Waals surface area contributed by atoms with Crippen LogP contribution in [0, 0.1) is 5.82 Å². The molecular formula is C14H12BrFN2O. The van der Waals surface area contributed by atoms with Gasteiger partial charge in [-0.25, -0.2) is 9.37 Å². The molecule has 2 aromatic rings. The Hall–Kier alpha value is -1.75. The van der Waals surface area contributed by atoms with E-state index in [0.717, 1.165) is 5.56 Å². The van der Waals surface area contributed by atoms with E-state index in [2.05, 4.69) is 26.2 Å². The highest BCUT2D eigenvalue weighted by atomic mass is 79.9. The second-order valence-electron chi connectivity index (χ2n) is 4.12. The molecule has 1 N–H and O–H groups in total. The van der Waals surface area contributed by atoms with Crippen molar-refractivity contribution < 1.29 is 9.18 Å². The van der Waals surface area contributed by atoms with Crippen molar-refractivity contribution in [2.45, 2.75) is 13.0 Å². The molecule has 0 aliphatic heterocycles. The summed E-state index contributed by atoms with van der Waals surface area (Å²) in [6.07, 6.45) is 1.48. The van der Waals surface area contributed by atoms with E-state index < -0.39 is 0 Å². The zero-order valence-electron chi connectivity index (χ0n) is 10.2. The quantitative estimate of drug-likeness (QED) is 0.879. The van der Waals surface area contributed by atoms with E-state index in [-0.39, 0.29) is 17.8 Å². The zero-order chi connectivity index (χ0) is 13.8. The molecule has 5 heteroatoms. The Morgan fingerprint density at radius 1 is 1.37 bits per heavy atom.